The van der Waals surface area contributed by atoms with Gasteiger partial charge in [0, 0.05) is 49.7 Å². The zero-order chi connectivity index (χ0) is 20.4. The van der Waals surface area contributed by atoms with Gasteiger partial charge in [-0.05, 0) is 55.2 Å². The maximum Gasteiger partial charge on any atom is 0.226 e. The molecule has 4 rings (SSSR count). The van der Waals surface area contributed by atoms with E-state index in [4.69, 9.17) is 5.73 Å². The molecule has 0 saturated heterocycles. The first-order valence-corrected chi connectivity index (χ1v) is 10.0. The molecule has 0 radical (unpaired) electrons. The lowest BCUT2D eigenvalue weighted by molar-refractivity contribution is -0.116. The van der Waals surface area contributed by atoms with Crippen LogP contribution in [0.2, 0.25) is 0 Å². The molecule has 4 N–H and O–H groups in total. The van der Waals surface area contributed by atoms with Crippen LogP contribution in [-0.4, -0.2) is 31.8 Å². The minimum Gasteiger partial charge on any atom is -0.404 e. The maximum atomic E-state index is 12.1. The fraction of sp³-hybridized carbons (Fsp3) is 0.304. The lowest BCUT2D eigenvalue weighted by atomic mass is 9.96. The Morgan fingerprint density at radius 1 is 1.28 bits per heavy atom. The number of benzene rings is 2. The summed E-state index contributed by atoms with van der Waals surface area (Å²) in [5.74, 6) is 0.0447. The Balaban J connectivity index is 1.76. The van der Waals surface area contributed by atoms with Crippen molar-refractivity contribution in [3.05, 3.63) is 53.7 Å². The van der Waals surface area contributed by atoms with Gasteiger partial charge in [0.1, 0.15) is 0 Å². The Labute approximate surface area is 171 Å². The fourth-order valence-electron chi connectivity index (χ4n) is 4.18. The van der Waals surface area contributed by atoms with Gasteiger partial charge < -0.3 is 21.3 Å². The van der Waals surface area contributed by atoms with Gasteiger partial charge in [-0.3, -0.25) is 9.79 Å². The highest BCUT2D eigenvalue weighted by Crippen LogP contribution is 2.42. The van der Waals surface area contributed by atoms with Gasteiger partial charge in [0.15, 0.2) is 0 Å². The minimum absolute atomic E-state index is 0.0447. The first-order valence-electron chi connectivity index (χ1n) is 10.0. The third kappa shape index (κ3) is 3.70. The number of fused-ring (bicyclic) bond motifs is 2. The number of hydrogen-bond donors (Lipinski definition) is 3. The highest BCUT2D eigenvalue weighted by atomic mass is 16.1. The summed E-state index contributed by atoms with van der Waals surface area (Å²) in [6, 6.07) is 12.6. The molecule has 6 nitrogen and oxygen atoms in total. The molecule has 0 bridgehead atoms. The normalized spacial score (nSPS) is 19.2. The molecule has 2 aliphatic rings. The second kappa shape index (κ2) is 7.99. The summed E-state index contributed by atoms with van der Waals surface area (Å²) in [5.41, 5.74) is 13.2. The van der Waals surface area contributed by atoms with Gasteiger partial charge in [0.05, 0.1) is 17.1 Å². The molecule has 0 aliphatic carbocycles. The minimum atomic E-state index is 0.0447. The molecular formula is C23H27N5O. The summed E-state index contributed by atoms with van der Waals surface area (Å²) >= 11 is 0. The highest BCUT2D eigenvalue weighted by molar-refractivity contribution is 6.09. The monoisotopic (exact) mass is 389 g/mol. The zero-order valence-corrected chi connectivity index (χ0v) is 16.9. The van der Waals surface area contributed by atoms with E-state index in [-0.39, 0.29) is 11.9 Å². The molecule has 1 amide bonds. The third-order valence-electron chi connectivity index (χ3n) is 5.47. The van der Waals surface area contributed by atoms with E-state index >= 15 is 0 Å². The molecule has 2 aromatic carbocycles. The molecular weight excluding hydrogens is 362 g/mol. The highest BCUT2D eigenvalue weighted by Gasteiger charge is 2.25. The van der Waals surface area contributed by atoms with Crippen molar-refractivity contribution in [1.29, 1.82) is 0 Å². The second-order valence-electron chi connectivity index (χ2n) is 7.61. The van der Waals surface area contributed by atoms with Crippen molar-refractivity contribution < 1.29 is 4.79 Å². The molecule has 29 heavy (non-hydrogen) atoms. The summed E-state index contributed by atoms with van der Waals surface area (Å²) in [4.78, 5) is 18.6. The van der Waals surface area contributed by atoms with Crippen LogP contribution in [0.25, 0.3) is 5.57 Å². The number of aryl methyl sites for hydroxylation is 1. The van der Waals surface area contributed by atoms with E-state index in [9.17, 15) is 4.79 Å². The summed E-state index contributed by atoms with van der Waals surface area (Å²) in [6.07, 6.45) is 5.93. The van der Waals surface area contributed by atoms with Crippen LogP contribution in [0.4, 0.5) is 22.7 Å². The Morgan fingerprint density at radius 2 is 2.14 bits per heavy atom. The summed E-state index contributed by atoms with van der Waals surface area (Å²) in [5, 5.41) is 6.57. The van der Waals surface area contributed by atoms with Crippen LogP contribution in [0.5, 0.6) is 0 Å². The molecule has 1 atom stereocenters. The summed E-state index contributed by atoms with van der Waals surface area (Å²) in [6.45, 7) is 2.97. The predicted octanol–water partition coefficient (Wildman–Crippen LogP) is 3.91. The smallest absolute Gasteiger partial charge is 0.226 e. The SMILES string of the molecule is CN=CC(=CN)c1ccc2c(c1)CCCN2c1cccc2c1N[C@H](C)CC(=O)N2. The molecule has 2 aliphatic heterocycles. The van der Waals surface area contributed by atoms with Crippen LogP contribution in [0.1, 0.15) is 30.9 Å². The number of nitrogens with two attached hydrogens (primary N) is 1. The van der Waals surface area contributed by atoms with E-state index in [1.54, 1.807) is 19.5 Å². The standard InChI is InChI=1S/C23H27N5O/c1-15-11-22(29)27-19-6-3-7-21(23(19)26-15)28-10-4-5-17-12-16(8-9-20(17)28)18(13-24)14-25-2/h3,6-9,12-15,26H,4-5,10-11,24H2,1-2H3,(H,27,29)/t15-/m1/s1. The molecule has 2 aromatic rings. The van der Waals surface area contributed by atoms with E-state index in [1.807, 2.05) is 19.1 Å². The largest absolute Gasteiger partial charge is 0.404 e. The van der Waals surface area contributed by atoms with Gasteiger partial charge in [0.2, 0.25) is 5.91 Å². The fourth-order valence-corrected chi connectivity index (χ4v) is 4.18. The van der Waals surface area contributed by atoms with Crippen molar-refractivity contribution in [2.45, 2.75) is 32.2 Å². The third-order valence-corrected chi connectivity index (χ3v) is 5.47. The van der Waals surface area contributed by atoms with Gasteiger partial charge in [-0.25, -0.2) is 0 Å². The number of carbonyl (C=O) groups is 1. The molecule has 6 heteroatoms. The number of para-hydroxylation sites is 1. The quantitative estimate of drug-likeness (QED) is 0.695. The lowest BCUT2D eigenvalue weighted by Crippen LogP contribution is -2.26. The number of rotatable bonds is 3. The van der Waals surface area contributed by atoms with Gasteiger partial charge in [-0.2, -0.15) is 0 Å². The number of nitrogens with one attached hydrogen (secondary N) is 2. The number of anilines is 4. The molecule has 0 spiro atoms. The Morgan fingerprint density at radius 3 is 2.93 bits per heavy atom. The van der Waals surface area contributed by atoms with E-state index in [1.165, 1.54) is 11.3 Å². The Bertz CT molecular complexity index is 995. The van der Waals surface area contributed by atoms with E-state index in [0.717, 1.165) is 47.6 Å². The number of hydrogen-bond acceptors (Lipinski definition) is 5. The molecule has 2 heterocycles. The number of carbonyl (C=O) groups excluding carboxylic acids is 1. The van der Waals surface area contributed by atoms with Crippen molar-refractivity contribution >= 4 is 40.4 Å². The number of amides is 1. The summed E-state index contributed by atoms with van der Waals surface area (Å²) < 4.78 is 0. The number of aliphatic imine (C=N–C) groups is 1. The van der Waals surface area contributed by atoms with Crippen LogP contribution in [-0.2, 0) is 11.2 Å². The van der Waals surface area contributed by atoms with Crippen molar-refractivity contribution in [3.63, 3.8) is 0 Å². The van der Waals surface area contributed by atoms with Crippen LogP contribution >= 0.6 is 0 Å². The van der Waals surface area contributed by atoms with Gasteiger partial charge in [0.25, 0.3) is 0 Å². The van der Waals surface area contributed by atoms with Gasteiger partial charge in [-0.15, -0.1) is 0 Å². The van der Waals surface area contributed by atoms with E-state index < -0.39 is 0 Å². The number of nitrogens with zero attached hydrogens (tertiary/aromatic N) is 2. The average molecular weight is 390 g/mol. The van der Waals surface area contributed by atoms with Crippen molar-refractivity contribution in [1.82, 2.24) is 0 Å². The Hall–Kier alpha value is -3.28. The van der Waals surface area contributed by atoms with Crippen molar-refractivity contribution in [3.8, 4) is 0 Å². The van der Waals surface area contributed by atoms with Crippen molar-refractivity contribution in [2.24, 2.45) is 10.7 Å². The van der Waals surface area contributed by atoms with E-state index in [2.05, 4.69) is 44.8 Å². The van der Waals surface area contributed by atoms with Gasteiger partial charge >= 0.3 is 0 Å². The van der Waals surface area contributed by atoms with Crippen LogP contribution in [0, 0.1) is 0 Å². The second-order valence-corrected chi connectivity index (χ2v) is 7.61. The van der Waals surface area contributed by atoms with Crippen molar-refractivity contribution in [2.75, 3.05) is 29.1 Å². The molecule has 0 fully saturated rings. The lowest BCUT2D eigenvalue weighted by Gasteiger charge is -2.34. The average Bonchev–Trinajstić information content (AvgIpc) is 2.87. The number of allylic oxidation sites excluding steroid dienone is 1. The predicted molar refractivity (Wildman–Crippen MR) is 121 cm³/mol. The van der Waals surface area contributed by atoms with Gasteiger partial charge in [-0.1, -0.05) is 12.1 Å². The molecule has 150 valence electrons. The van der Waals surface area contributed by atoms with Crippen LogP contribution in [0.3, 0.4) is 0 Å². The zero-order valence-electron chi connectivity index (χ0n) is 16.9. The topological polar surface area (TPSA) is 82.8 Å². The van der Waals surface area contributed by atoms with Crippen LogP contribution in [0.15, 0.2) is 47.6 Å². The molecule has 0 saturated carbocycles. The molecule has 0 aromatic heterocycles. The Kier molecular flexibility index (Phi) is 5.25. The first-order chi connectivity index (χ1) is 14.1. The summed E-state index contributed by atoms with van der Waals surface area (Å²) in [7, 11) is 1.75. The van der Waals surface area contributed by atoms with Crippen LogP contribution < -0.4 is 21.3 Å². The maximum absolute atomic E-state index is 12.1. The molecule has 0 unspecified atom stereocenters. The van der Waals surface area contributed by atoms with E-state index in [0.29, 0.717) is 6.42 Å². The first kappa shape index (κ1) is 19.1.